The van der Waals surface area contributed by atoms with E-state index in [9.17, 15) is 4.79 Å². The van der Waals surface area contributed by atoms with Gasteiger partial charge in [0.05, 0.1) is 11.2 Å². The van der Waals surface area contributed by atoms with Crippen molar-refractivity contribution < 1.29 is 4.98 Å². The third-order valence-corrected chi connectivity index (χ3v) is 4.08. The van der Waals surface area contributed by atoms with Crippen molar-refractivity contribution in [2.45, 2.75) is 40.0 Å². The molecule has 4 heteroatoms. The molecule has 4 nitrogen and oxygen atoms in total. The molecule has 0 bridgehead atoms. The van der Waals surface area contributed by atoms with Gasteiger partial charge < -0.3 is 4.98 Å². The molecule has 2 N–H and O–H groups in total. The minimum absolute atomic E-state index is 0.00000150. The Kier molecular flexibility index (Phi) is 3.55. The number of hydrogen-bond donors (Lipinski definition) is 1. The molecule has 3 rings (SSSR count). The van der Waals surface area contributed by atoms with Crippen molar-refractivity contribution in [3.8, 4) is 11.3 Å². The zero-order valence-electron chi connectivity index (χ0n) is 14.2. The summed E-state index contributed by atoms with van der Waals surface area (Å²) in [5.41, 5.74) is 5.77. The van der Waals surface area contributed by atoms with Crippen LogP contribution in [-0.4, -0.2) is 9.97 Å². The molecule has 3 heterocycles. The monoisotopic (exact) mass is 308 g/mol. The highest BCUT2D eigenvalue weighted by Gasteiger charge is 2.20. The van der Waals surface area contributed by atoms with Crippen LogP contribution in [0.5, 0.6) is 0 Å². The Morgan fingerprint density at radius 2 is 1.91 bits per heavy atom. The van der Waals surface area contributed by atoms with Crippen LogP contribution in [0.4, 0.5) is 0 Å². The number of H-pyrrole nitrogens is 2. The van der Waals surface area contributed by atoms with Crippen LogP contribution in [0.25, 0.3) is 22.2 Å². The van der Waals surface area contributed by atoms with E-state index in [1.807, 2.05) is 13.0 Å². The predicted octanol–water partition coefficient (Wildman–Crippen LogP) is 3.32. The van der Waals surface area contributed by atoms with Gasteiger partial charge in [0.1, 0.15) is 5.39 Å². The average Bonchev–Trinajstić information content (AvgIpc) is 2.48. The van der Waals surface area contributed by atoms with Gasteiger partial charge in [0.25, 0.3) is 0 Å². The maximum absolute atomic E-state index is 12.3. The minimum Gasteiger partial charge on any atom is -0.354 e. The Morgan fingerprint density at radius 1 is 1.17 bits per heavy atom. The smallest absolute Gasteiger partial charge is 0.196 e. The molecule has 0 saturated carbocycles. The molecule has 0 aliphatic heterocycles. The zero-order chi connectivity index (χ0) is 16.8. The van der Waals surface area contributed by atoms with Crippen molar-refractivity contribution in [1.29, 1.82) is 0 Å². The van der Waals surface area contributed by atoms with E-state index in [0.29, 0.717) is 5.39 Å². The van der Waals surface area contributed by atoms with Gasteiger partial charge in [-0.25, -0.2) is 4.98 Å². The van der Waals surface area contributed by atoms with Crippen molar-refractivity contribution >= 4 is 10.9 Å². The van der Waals surface area contributed by atoms with Crippen LogP contribution in [0, 0.1) is 13.8 Å². The lowest BCUT2D eigenvalue weighted by molar-refractivity contribution is -0.375. The lowest BCUT2D eigenvalue weighted by atomic mass is 9.87. The van der Waals surface area contributed by atoms with E-state index in [4.69, 9.17) is 4.98 Å². The summed E-state index contributed by atoms with van der Waals surface area (Å²) in [4.78, 5) is 23.4. The van der Waals surface area contributed by atoms with E-state index in [-0.39, 0.29) is 10.8 Å². The number of nitrogens with one attached hydrogen (secondary N) is 2. The first-order valence-electron chi connectivity index (χ1n) is 7.79. The van der Waals surface area contributed by atoms with Gasteiger partial charge in [-0.3, -0.25) is 9.78 Å². The maximum atomic E-state index is 12.3. The Labute approximate surface area is 135 Å². The first-order chi connectivity index (χ1) is 10.8. The fourth-order valence-electron chi connectivity index (χ4n) is 3.02. The summed E-state index contributed by atoms with van der Waals surface area (Å²) in [6.07, 6.45) is 3.53. The number of rotatable bonds is 1. The molecule has 23 heavy (non-hydrogen) atoms. The second kappa shape index (κ2) is 5.30. The van der Waals surface area contributed by atoms with Gasteiger partial charge in [-0.15, -0.1) is 0 Å². The summed E-state index contributed by atoms with van der Waals surface area (Å²) in [6, 6.07) is 5.64. The first kappa shape index (κ1) is 15.4. The van der Waals surface area contributed by atoms with Crippen molar-refractivity contribution in [2.24, 2.45) is 0 Å². The number of aryl methyl sites for hydroxylation is 2. The van der Waals surface area contributed by atoms with Gasteiger partial charge >= 0.3 is 0 Å². The molecular formula is C19H22N3O+. The van der Waals surface area contributed by atoms with Crippen LogP contribution in [0.15, 0.2) is 35.4 Å². The van der Waals surface area contributed by atoms with E-state index in [1.165, 1.54) is 0 Å². The SMILES string of the molecule is Cc1cc(-c2cc(=O)c3c[nH+]ccc3[nH]2)c(C)nc1C(C)(C)C. The molecule has 3 aromatic heterocycles. The fourth-order valence-corrected chi connectivity index (χ4v) is 3.02. The van der Waals surface area contributed by atoms with Crippen molar-refractivity contribution in [3.05, 3.63) is 57.8 Å². The zero-order valence-corrected chi connectivity index (χ0v) is 14.2. The third kappa shape index (κ3) is 2.77. The van der Waals surface area contributed by atoms with E-state index >= 15 is 0 Å². The van der Waals surface area contributed by atoms with Crippen LogP contribution in [-0.2, 0) is 5.41 Å². The standard InChI is InChI=1S/C19H21N3O/c1-11-8-13(12(2)21-18(11)19(3,4)5)16-9-17(23)14-10-20-7-6-15(14)22-16/h6-10H,1-5H3,(H,22,23)/p+1. The number of aromatic nitrogens is 3. The Morgan fingerprint density at radius 3 is 2.61 bits per heavy atom. The van der Waals surface area contributed by atoms with Gasteiger partial charge in [-0.2, -0.15) is 0 Å². The molecule has 0 aromatic carbocycles. The molecule has 0 aliphatic carbocycles. The maximum Gasteiger partial charge on any atom is 0.196 e. The van der Waals surface area contributed by atoms with E-state index in [0.717, 1.165) is 33.7 Å². The van der Waals surface area contributed by atoms with Gasteiger partial charge in [0, 0.05) is 34.5 Å². The summed E-state index contributed by atoms with van der Waals surface area (Å²) < 4.78 is 0. The molecule has 0 saturated heterocycles. The van der Waals surface area contributed by atoms with Crippen molar-refractivity contribution in [2.75, 3.05) is 0 Å². The Bertz CT molecular complexity index is 949. The molecule has 0 radical (unpaired) electrons. The van der Waals surface area contributed by atoms with Crippen LogP contribution < -0.4 is 10.4 Å². The molecule has 0 aliphatic rings. The number of aromatic amines is 2. The lowest BCUT2D eigenvalue weighted by Crippen LogP contribution is -2.17. The number of fused-ring (bicyclic) bond motifs is 1. The normalized spacial score (nSPS) is 11.9. The molecule has 0 atom stereocenters. The molecule has 0 fully saturated rings. The topological polar surface area (TPSA) is 59.9 Å². The second-order valence-electron chi connectivity index (χ2n) is 7.06. The van der Waals surface area contributed by atoms with Gasteiger partial charge in [-0.05, 0) is 25.5 Å². The summed E-state index contributed by atoms with van der Waals surface area (Å²) in [5, 5.41) is 0.657. The largest absolute Gasteiger partial charge is 0.354 e. The van der Waals surface area contributed by atoms with Crippen LogP contribution in [0.3, 0.4) is 0 Å². The third-order valence-electron chi connectivity index (χ3n) is 4.08. The number of hydrogen-bond acceptors (Lipinski definition) is 2. The summed E-state index contributed by atoms with van der Waals surface area (Å²) in [7, 11) is 0. The second-order valence-corrected chi connectivity index (χ2v) is 7.06. The molecule has 0 spiro atoms. The van der Waals surface area contributed by atoms with Crippen molar-refractivity contribution in [3.63, 3.8) is 0 Å². The first-order valence-corrected chi connectivity index (χ1v) is 7.79. The Hall–Kier alpha value is -2.49. The summed E-state index contributed by atoms with van der Waals surface area (Å²) >= 11 is 0. The van der Waals surface area contributed by atoms with E-state index < -0.39 is 0 Å². The average molecular weight is 308 g/mol. The predicted molar refractivity (Wildman–Crippen MR) is 92.5 cm³/mol. The minimum atomic E-state index is 0.00000150. The highest BCUT2D eigenvalue weighted by atomic mass is 16.1. The number of pyridine rings is 3. The van der Waals surface area contributed by atoms with E-state index in [2.05, 4.69) is 43.7 Å². The van der Waals surface area contributed by atoms with Crippen LogP contribution in [0.2, 0.25) is 0 Å². The van der Waals surface area contributed by atoms with Gasteiger partial charge in [0.15, 0.2) is 17.8 Å². The number of nitrogens with zero attached hydrogens (tertiary/aromatic N) is 1. The lowest BCUT2D eigenvalue weighted by Gasteiger charge is -2.22. The summed E-state index contributed by atoms with van der Waals surface area (Å²) in [6.45, 7) is 10.6. The molecule has 0 unspecified atom stereocenters. The highest BCUT2D eigenvalue weighted by molar-refractivity contribution is 5.80. The van der Waals surface area contributed by atoms with Gasteiger partial charge in [-0.1, -0.05) is 20.8 Å². The molecule has 118 valence electrons. The fraction of sp³-hybridized carbons (Fsp3) is 0.316. The molecule has 3 aromatic rings. The van der Waals surface area contributed by atoms with Gasteiger partial charge in [0.2, 0.25) is 0 Å². The Balaban J connectivity index is 2.24. The summed E-state index contributed by atoms with van der Waals surface area (Å²) in [5.74, 6) is 0. The van der Waals surface area contributed by atoms with E-state index in [1.54, 1.807) is 18.5 Å². The molecule has 0 amide bonds. The van der Waals surface area contributed by atoms with Crippen LogP contribution >= 0.6 is 0 Å². The quantitative estimate of drug-likeness (QED) is 0.749. The van der Waals surface area contributed by atoms with Crippen molar-refractivity contribution in [1.82, 2.24) is 9.97 Å². The molecular weight excluding hydrogens is 286 g/mol. The highest BCUT2D eigenvalue weighted by Crippen LogP contribution is 2.29. The van der Waals surface area contributed by atoms with Crippen LogP contribution in [0.1, 0.15) is 37.7 Å².